The third kappa shape index (κ3) is 5.19. The summed E-state index contributed by atoms with van der Waals surface area (Å²) in [5.41, 5.74) is 9.91. The van der Waals surface area contributed by atoms with Crippen LogP contribution in [0.2, 0.25) is 0 Å². The molecule has 5 heteroatoms. The number of hydrogen-bond donors (Lipinski definition) is 0. The van der Waals surface area contributed by atoms with Crippen molar-refractivity contribution in [2.75, 3.05) is 19.1 Å². The Bertz CT molecular complexity index is 2730. The van der Waals surface area contributed by atoms with Crippen molar-refractivity contribution in [3.63, 3.8) is 0 Å². The van der Waals surface area contributed by atoms with Crippen molar-refractivity contribution >= 4 is 54.9 Å². The van der Waals surface area contributed by atoms with E-state index in [0.29, 0.717) is 11.7 Å². The van der Waals surface area contributed by atoms with Crippen LogP contribution in [0.15, 0.2) is 158 Å². The molecular formula is C48H37N3O2. The first-order valence-electron chi connectivity index (χ1n) is 18.2. The number of aromatic nitrogens is 2. The van der Waals surface area contributed by atoms with E-state index in [1.54, 1.807) is 14.2 Å². The zero-order valence-corrected chi connectivity index (χ0v) is 29.7. The van der Waals surface area contributed by atoms with E-state index in [-0.39, 0.29) is 0 Å². The lowest BCUT2D eigenvalue weighted by molar-refractivity contribution is 0.356. The van der Waals surface area contributed by atoms with Gasteiger partial charge in [-0.25, -0.2) is 4.52 Å². The summed E-state index contributed by atoms with van der Waals surface area (Å²) in [5, 5.41) is 12.5. The van der Waals surface area contributed by atoms with Crippen LogP contribution in [0, 0.1) is 0 Å². The molecule has 7 aromatic carbocycles. The van der Waals surface area contributed by atoms with Gasteiger partial charge in [-0.2, -0.15) is 5.10 Å². The molecule has 1 fully saturated rings. The van der Waals surface area contributed by atoms with Gasteiger partial charge in [-0.15, -0.1) is 0 Å². The van der Waals surface area contributed by atoms with E-state index in [0.717, 1.165) is 74.3 Å². The van der Waals surface area contributed by atoms with E-state index in [1.165, 1.54) is 27.2 Å². The van der Waals surface area contributed by atoms with Crippen molar-refractivity contribution in [3.05, 3.63) is 163 Å². The highest BCUT2D eigenvalue weighted by molar-refractivity contribution is 6.09. The van der Waals surface area contributed by atoms with Crippen molar-refractivity contribution in [2.45, 2.75) is 18.8 Å². The van der Waals surface area contributed by atoms with E-state index >= 15 is 0 Å². The molecule has 2 heterocycles. The van der Waals surface area contributed by atoms with Gasteiger partial charge >= 0.3 is 0 Å². The van der Waals surface area contributed by atoms with Gasteiger partial charge in [-0.3, -0.25) is 0 Å². The zero-order valence-electron chi connectivity index (χ0n) is 29.7. The lowest BCUT2D eigenvalue weighted by Gasteiger charge is -2.28. The van der Waals surface area contributed by atoms with Crippen LogP contribution in [0.4, 0.5) is 17.1 Å². The maximum atomic E-state index is 5.82. The molecule has 0 N–H and O–H groups in total. The maximum Gasteiger partial charge on any atom is 0.161 e. The van der Waals surface area contributed by atoms with Gasteiger partial charge in [-0.05, 0) is 77.0 Å². The summed E-state index contributed by atoms with van der Waals surface area (Å²) in [6.07, 6.45) is 2.33. The predicted octanol–water partition coefficient (Wildman–Crippen LogP) is 12.5. The molecule has 0 amide bonds. The lowest BCUT2D eigenvalue weighted by atomic mass is 9.96. The molecule has 9 aromatic rings. The van der Waals surface area contributed by atoms with Gasteiger partial charge in [0.2, 0.25) is 0 Å². The number of benzene rings is 7. The summed E-state index contributed by atoms with van der Waals surface area (Å²) in [6, 6.07) is 56.5. The summed E-state index contributed by atoms with van der Waals surface area (Å²) in [4.78, 5) is 2.40. The van der Waals surface area contributed by atoms with Crippen molar-refractivity contribution in [2.24, 2.45) is 0 Å². The molecule has 0 atom stereocenters. The van der Waals surface area contributed by atoms with Gasteiger partial charge in [0, 0.05) is 44.6 Å². The average Bonchev–Trinajstić information content (AvgIpc) is 3.99. The number of ether oxygens (including phenoxy) is 2. The van der Waals surface area contributed by atoms with E-state index in [2.05, 4.69) is 167 Å². The predicted molar refractivity (Wildman–Crippen MR) is 218 cm³/mol. The first-order chi connectivity index (χ1) is 26.2. The first-order valence-corrected chi connectivity index (χ1v) is 18.2. The van der Waals surface area contributed by atoms with Crippen LogP contribution < -0.4 is 14.4 Å². The summed E-state index contributed by atoms with van der Waals surface area (Å²) in [5.74, 6) is 1.91. The van der Waals surface area contributed by atoms with Crippen molar-refractivity contribution in [3.8, 4) is 33.9 Å². The minimum absolute atomic E-state index is 0.476. The van der Waals surface area contributed by atoms with Crippen LogP contribution in [-0.4, -0.2) is 23.8 Å². The average molecular weight is 688 g/mol. The molecule has 0 unspecified atom stereocenters. The summed E-state index contributed by atoms with van der Waals surface area (Å²) >= 11 is 0. The SMILES string of the molecule is COc1cc2cc(C3CC3)n3nc(-c4ccc(N(c5cccc6ccccc56)c5cccc6ccccc56)cc4)c(-c4ccccc4)c3c2cc1OC. The quantitative estimate of drug-likeness (QED) is 0.159. The second-order valence-corrected chi connectivity index (χ2v) is 13.9. The molecule has 0 spiro atoms. The second kappa shape index (κ2) is 12.6. The van der Waals surface area contributed by atoms with E-state index in [9.17, 15) is 0 Å². The topological polar surface area (TPSA) is 39.0 Å². The third-order valence-corrected chi connectivity index (χ3v) is 10.7. The molecular weight excluding hydrogens is 651 g/mol. The Kier molecular flexibility index (Phi) is 7.39. The van der Waals surface area contributed by atoms with E-state index in [4.69, 9.17) is 14.6 Å². The van der Waals surface area contributed by atoms with Crippen molar-refractivity contribution in [1.82, 2.24) is 9.61 Å². The number of nitrogens with zero attached hydrogens (tertiary/aromatic N) is 3. The van der Waals surface area contributed by atoms with Gasteiger partial charge in [0.15, 0.2) is 11.5 Å². The minimum atomic E-state index is 0.476. The lowest BCUT2D eigenvalue weighted by Crippen LogP contribution is -2.11. The molecule has 0 aliphatic heterocycles. The molecule has 1 saturated carbocycles. The highest BCUT2D eigenvalue weighted by Gasteiger charge is 2.30. The molecule has 0 saturated heterocycles. The normalized spacial score (nSPS) is 12.9. The van der Waals surface area contributed by atoms with Crippen LogP contribution in [0.5, 0.6) is 11.5 Å². The summed E-state index contributed by atoms with van der Waals surface area (Å²) in [7, 11) is 3.39. The highest BCUT2D eigenvalue weighted by atomic mass is 16.5. The van der Waals surface area contributed by atoms with Crippen LogP contribution in [0.3, 0.4) is 0 Å². The van der Waals surface area contributed by atoms with Crippen LogP contribution >= 0.6 is 0 Å². The molecule has 53 heavy (non-hydrogen) atoms. The number of methoxy groups -OCH3 is 2. The molecule has 2 aromatic heterocycles. The fourth-order valence-electron chi connectivity index (χ4n) is 8.03. The Labute approximate surface area is 308 Å². The smallest absolute Gasteiger partial charge is 0.161 e. The van der Waals surface area contributed by atoms with Gasteiger partial charge in [0.05, 0.1) is 31.1 Å². The summed E-state index contributed by atoms with van der Waals surface area (Å²) < 4.78 is 13.8. The number of rotatable bonds is 8. The van der Waals surface area contributed by atoms with Gasteiger partial charge in [0.1, 0.15) is 5.69 Å². The molecule has 1 aliphatic carbocycles. The monoisotopic (exact) mass is 687 g/mol. The molecule has 1 aliphatic rings. The number of anilines is 3. The first kappa shape index (κ1) is 31.2. The Morgan fingerprint density at radius 3 is 1.75 bits per heavy atom. The minimum Gasteiger partial charge on any atom is -0.493 e. The van der Waals surface area contributed by atoms with Crippen LogP contribution in [-0.2, 0) is 0 Å². The van der Waals surface area contributed by atoms with Crippen molar-refractivity contribution < 1.29 is 9.47 Å². The van der Waals surface area contributed by atoms with E-state index < -0.39 is 0 Å². The molecule has 256 valence electrons. The fourth-order valence-corrected chi connectivity index (χ4v) is 8.03. The molecule has 0 radical (unpaired) electrons. The Morgan fingerprint density at radius 2 is 1.13 bits per heavy atom. The molecule has 0 bridgehead atoms. The van der Waals surface area contributed by atoms with E-state index in [1.807, 2.05) is 0 Å². The van der Waals surface area contributed by atoms with Crippen LogP contribution in [0.1, 0.15) is 24.5 Å². The van der Waals surface area contributed by atoms with Crippen LogP contribution in [0.25, 0.3) is 60.2 Å². The maximum absolute atomic E-state index is 5.82. The Balaban J connectivity index is 1.21. The Hall–Kier alpha value is -6.59. The Morgan fingerprint density at radius 1 is 0.547 bits per heavy atom. The van der Waals surface area contributed by atoms with Gasteiger partial charge < -0.3 is 14.4 Å². The molecule has 10 rings (SSSR count). The van der Waals surface area contributed by atoms with Gasteiger partial charge in [0.25, 0.3) is 0 Å². The second-order valence-electron chi connectivity index (χ2n) is 13.9. The van der Waals surface area contributed by atoms with Gasteiger partial charge in [-0.1, -0.05) is 115 Å². The summed E-state index contributed by atoms with van der Waals surface area (Å²) in [6.45, 7) is 0. The standard InChI is InChI=1S/C48H37N3O2/c1-52-44-29-36-28-43(33-22-23-33)51-48(40(36)30-45(44)53-2)46(34-14-4-3-5-15-34)47(49-51)35-24-26-37(27-25-35)50(41-20-10-16-31-12-6-8-18-38(31)41)42-21-11-17-32-13-7-9-19-39(32)42/h3-21,24-30,33H,22-23H2,1-2H3. The largest absolute Gasteiger partial charge is 0.493 e. The van der Waals surface area contributed by atoms with Crippen molar-refractivity contribution in [1.29, 1.82) is 0 Å². The highest BCUT2D eigenvalue weighted by Crippen LogP contribution is 2.48. The fraction of sp³-hybridized carbons (Fsp3) is 0.104. The number of fused-ring (bicyclic) bond motifs is 5. The third-order valence-electron chi connectivity index (χ3n) is 10.7. The number of pyridine rings is 1. The molecule has 5 nitrogen and oxygen atoms in total. The number of hydrogen-bond acceptors (Lipinski definition) is 4. The zero-order chi connectivity index (χ0) is 35.5.